The summed E-state index contributed by atoms with van der Waals surface area (Å²) in [6.07, 6.45) is -0.260. The van der Waals surface area contributed by atoms with Gasteiger partial charge in [0.1, 0.15) is 6.61 Å². The molecule has 0 saturated carbocycles. The summed E-state index contributed by atoms with van der Waals surface area (Å²) in [6, 6.07) is 10.6. The smallest absolute Gasteiger partial charge is 0.416 e. The Morgan fingerprint density at radius 3 is 2.40 bits per heavy atom. The normalized spacial score (nSPS) is 19.6. The van der Waals surface area contributed by atoms with Gasteiger partial charge in [0.25, 0.3) is 5.91 Å². The van der Waals surface area contributed by atoms with Crippen LogP contribution in [0, 0.1) is 0 Å². The van der Waals surface area contributed by atoms with Crippen LogP contribution in [0.4, 0.5) is 10.5 Å². The molecule has 4 rings (SSSR count). The van der Waals surface area contributed by atoms with E-state index in [1.807, 2.05) is 0 Å². The zero-order valence-electron chi connectivity index (χ0n) is 19.8. The van der Waals surface area contributed by atoms with Crippen molar-refractivity contribution in [1.29, 1.82) is 0 Å². The summed E-state index contributed by atoms with van der Waals surface area (Å²) in [5.41, 5.74) is 0.479. The van der Waals surface area contributed by atoms with Gasteiger partial charge >= 0.3 is 6.09 Å². The molecular formula is C24H28N2O8S. The van der Waals surface area contributed by atoms with Gasteiger partial charge in [-0.05, 0) is 31.0 Å². The largest absolute Gasteiger partial charge is 0.493 e. The second-order valence-electron chi connectivity index (χ2n) is 8.18. The maximum atomic E-state index is 13.4. The van der Waals surface area contributed by atoms with E-state index in [0.717, 1.165) is 6.42 Å². The fourth-order valence-corrected chi connectivity index (χ4v) is 5.67. The van der Waals surface area contributed by atoms with E-state index in [0.29, 0.717) is 24.5 Å². The molecule has 2 aromatic rings. The highest BCUT2D eigenvalue weighted by Gasteiger charge is 2.46. The average molecular weight is 505 g/mol. The van der Waals surface area contributed by atoms with Gasteiger partial charge in [0.05, 0.1) is 42.2 Å². The number of sulfone groups is 1. The first kappa shape index (κ1) is 24.8. The van der Waals surface area contributed by atoms with Crippen LogP contribution in [0.3, 0.4) is 0 Å². The van der Waals surface area contributed by atoms with E-state index in [2.05, 4.69) is 0 Å². The van der Waals surface area contributed by atoms with Crippen molar-refractivity contribution >= 4 is 27.5 Å². The van der Waals surface area contributed by atoms with Gasteiger partial charge in [-0.15, -0.1) is 0 Å². The van der Waals surface area contributed by atoms with E-state index in [-0.39, 0.29) is 34.4 Å². The third-order valence-corrected chi connectivity index (χ3v) is 7.95. The maximum Gasteiger partial charge on any atom is 0.416 e. The van der Waals surface area contributed by atoms with E-state index in [9.17, 15) is 18.0 Å². The summed E-state index contributed by atoms with van der Waals surface area (Å²) in [7, 11) is 0.724. The Hall–Kier alpha value is -3.31. The number of amides is 2. The molecule has 2 amide bonds. The van der Waals surface area contributed by atoms with Gasteiger partial charge in [-0.25, -0.2) is 18.1 Å². The fourth-order valence-electron chi connectivity index (χ4n) is 4.56. The predicted octanol–water partition coefficient (Wildman–Crippen LogP) is 2.71. The number of carbonyl (C=O) groups excluding carboxylic acids is 2. The molecule has 2 aromatic carbocycles. The van der Waals surface area contributed by atoms with E-state index >= 15 is 0 Å². The van der Waals surface area contributed by atoms with Crippen LogP contribution in [0.2, 0.25) is 0 Å². The van der Waals surface area contributed by atoms with E-state index in [1.54, 1.807) is 23.1 Å². The van der Waals surface area contributed by atoms with Crippen LogP contribution in [-0.4, -0.2) is 77.8 Å². The van der Waals surface area contributed by atoms with Crippen LogP contribution in [0.1, 0.15) is 23.2 Å². The monoisotopic (exact) mass is 504 g/mol. The van der Waals surface area contributed by atoms with Crippen molar-refractivity contribution in [3.05, 3.63) is 48.0 Å². The summed E-state index contributed by atoms with van der Waals surface area (Å²) < 4.78 is 47.1. The molecule has 0 N–H and O–H groups in total. The minimum Gasteiger partial charge on any atom is -0.493 e. The van der Waals surface area contributed by atoms with E-state index in [4.69, 9.17) is 18.9 Å². The summed E-state index contributed by atoms with van der Waals surface area (Å²) in [5.74, 6) is 0.0167. The lowest BCUT2D eigenvalue weighted by molar-refractivity contribution is 0.0270. The minimum absolute atomic E-state index is 0.148. The molecule has 2 aliphatic rings. The van der Waals surface area contributed by atoms with Crippen molar-refractivity contribution < 1.29 is 37.0 Å². The number of anilines is 1. The molecular weight excluding hydrogens is 476 g/mol. The highest BCUT2D eigenvalue weighted by atomic mass is 32.2. The zero-order valence-corrected chi connectivity index (χ0v) is 20.6. The van der Waals surface area contributed by atoms with E-state index in [1.165, 1.54) is 50.5 Å². The molecule has 35 heavy (non-hydrogen) atoms. The molecule has 0 bridgehead atoms. The highest BCUT2D eigenvalue weighted by Crippen LogP contribution is 2.41. The molecule has 0 unspecified atom stereocenters. The Kier molecular flexibility index (Phi) is 7.18. The Balaban J connectivity index is 1.67. The van der Waals surface area contributed by atoms with Gasteiger partial charge in [0.2, 0.25) is 0 Å². The topological polar surface area (TPSA) is 112 Å². The van der Waals surface area contributed by atoms with Gasteiger partial charge in [-0.2, -0.15) is 0 Å². The third-order valence-electron chi connectivity index (χ3n) is 6.25. The Morgan fingerprint density at radius 1 is 1.06 bits per heavy atom. The number of carbonyl (C=O) groups is 2. The first-order chi connectivity index (χ1) is 16.8. The summed E-state index contributed by atoms with van der Waals surface area (Å²) in [6.45, 7) is 0.156. The number of rotatable bonds is 7. The van der Waals surface area contributed by atoms with Crippen molar-refractivity contribution in [1.82, 2.24) is 4.90 Å². The van der Waals surface area contributed by atoms with Gasteiger partial charge in [0.15, 0.2) is 27.6 Å². The van der Waals surface area contributed by atoms with Crippen molar-refractivity contribution in [3.63, 3.8) is 0 Å². The predicted molar refractivity (Wildman–Crippen MR) is 127 cm³/mol. The molecule has 2 aliphatic heterocycles. The Bertz CT molecular complexity index is 1200. The standard InChI is InChI=1S/C24H28N2O8S/c1-31-20-14-17-19(15-21(20)32-2)26(23(33-3)18-10-7-11-25(18)22(17)27)24(28)34-12-13-35(29,30)16-8-5-4-6-9-16/h4-6,8-9,14-15,18,23H,7,10-13H2,1-3H3/t18-,23-/m0/s1. The van der Waals surface area contributed by atoms with Gasteiger partial charge < -0.3 is 23.8 Å². The lowest BCUT2D eigenvalue weighted by Gasteiger charge is -2.34. The number of hydrogen-bond donors (Lipinski definition) is 0. The molecule has 0 aliphatic carbocycles. The number of nitrogens with zero attached hydrogens (tertiary/aromatic N) is 2. The van der Waals surface area contributed by atoms with Crippen molar-refractivity contribution in [2.24, 2.45) is 0 Å². The summed E-state index contributed by atoms with van der Waals surface area (Å²) in [5, 5.41) is 0. The molecule has 11 heteroatoms. The lowest BCUT2D eigenvalue weighted by Crippen LogP contribution is -2.52. The summed E-state index contributed by atoms with van der Waals surface area (Å²) >= 11 is 0. The third kappa shape index (κ3) is 4.65. The van der Waals surface area contributed by atoms with Crippen molar-refractivity contribution in [3.8, 4) is 11.5 Å². The first-order valence-electron chi connectivity index (χ1n) is 11.2. The molecule has 2 atom stereocenters. The molecule has 0 aromatic heterocycles. The molecule has 10 nitrogen and oxygen atoms in total. The number of methoxy groups -OCH3 is 3. The number of ether oxygens (including phenoxy) is 4. The van der Waals surface area contributed by atoms with Crippen LogP contribution in [0.15, 0.2) is 47.4 Å². The number of fused-ring (bicyclic) bond motifs is 2. The van der Waals surface area contributed by atoms with Gasteiger partial charge in [-0.1, -0.05) is 18.2 Å². The minimum atomic E-state index is -3.64. The van der Waals surface area contributed by atoms with Crippen LogP contribution in [-0.2, 0) is 19.3 Å². The van der Waals surface area contributed by atoms with Crippen molar-refractivity contribution in [2.75, 3.05) is 45.1 Å². The fraction of sp³-hybridized carbons (Fsp3) is 0.417. The lowest BCUT2D eigenvalue weighted by atomic mass is 10.1. The van der Waals surface area contributed by atoms with Crippen LogP contribution >= 0.6 is 0 Å². The number of hydrogen-bond acceptors (Lipinski definition) is 8. The molecule has 0 radical (unpaired) electrons. The molecule has 2 heterocycles. The SMILES string of the molecule is COc1cc2c(cc1OC)N(C(=O)OCCS(=O)(=O)c1ccccc1)[C@@H](OC)[C@@H]1CCCN1C2=O. The maximum absolute atomic E-state index is 13.4. The molecule has 0 spiro atoms. The first-order valence-corrected chi connectivity index (χ1v) is 12.8. The summed E-state index contributed by atoms with van der Waals surface area (Å²) in [4.78, 5) is 29.9. The van der Waals surface area contributed by atoms with Crippen LogP contribution in [0.5, 0.6) is 11.5 Å². The zero-order chi connectivity index (χ0) is 25.2. The highest BCUT2D eigenvalue weighted by molar-refractivity contribution is 7.91. The average Bonchev–Trinajstić information content (AvgIpc) is 3.32. The second kappa shape index (κ2) is 10.1. The van der Waals surface area contributed by atoms with Crippen molar-refractivity contribution in [2.45, 2.75) is 30.0 Å². The molecule has 1 fully saturated rings. The van der Waals surface area contributed by atoms with Gasteiger partial charge in [0, 0.05) is 19.7 Å². The second-order valence-corrected chi connectivity index (χ2v) is 10.3. The van der Waals surface area contributed by atoms with Gasteiger partial charge in [-0.3, -0.25) is 4.79 Å². The van der Waals surface area contributed by atoms with Crippen LogP contribution < -0.4 is 14.4 Å². The Labute approximate surface area is 204 Å². The molecule has 188 valence electrons. The molecule has 1 saturated heterocycles. The number of benzene rings is 2. The van der Waals surface area contributed by atoms with E-state index < -0.39 is 28.2 Å². The Morgan fingerprint density at radius 2 is 1.74 bits per heavy atom. The quantitative estimate of drug-likeness (QED) is 0.566. The van der Waals surface area contributed by atoms with Crippen LogP contribution in [0.25, 0.3) is 0 Å².